The second-order valence-electron chi connectivity index (χ2n) is 19.5. The molecule has 2 atom stereocenters. The number of likely N-dealkylation sites (tertiary alicyclic amines) is 2. The van der Waals surface area contributed by atoms with Crippen LogP contribution in [0.2, 0.25) is 0 Å². The molecule has 11 heteroatoms. The Balaban J connectivity index is 0.732. The summed E-state index contributed by atoms with van der Waals surface area (Å²) in [5.41, 5.74) is 10.9. The van der Waals surface area contributed by atoms with Crippen molar-refractivity contribution < 1.29 is 0 Å². The van der Waals surface area contributed by atoms with Crippen LogP contribution < -0.4 is 15.5 Å². The van der Waals surface area contributed by atoms with E-state index in [0.717, 1.165) is 89.3 Å². The Labute approximate surface area is 357 Å². The number of anilines is 2. The standard InChI is InChI=1S/C49H65N11/c1-3-57-34-39(28-38(57)33-52-46-51-31-35-29-48(14-18-50-19-15-48)42-10-6-4-8-40(42)44(35)54-46)58-22-16-49(17-23-58)30-36-32-53-47(55-45(36)41-9-5-7-11-43(41)49)60-20-12-37(13-21-60)59-26-24-56(2)25-27-59/h4-11,31-32,37-39,50H,3,12-30,33-34H2,1-2H3,(H,51,52,54). The Kier molecular flexibility index (Phi) is 10.4. The largest absolute Gasteiger partial charge is 0.353 e. The van der Waals surface area contributed by atoms with Gasteiger partial charge in [-0.25, -0.2) is 19.9 Å². The van der Waals surface area contributed by atoms with Crippen molar-refractivity contribution >= 4 is 11.9 Å². The topological polar surface area (TPSA) is 91.8 Å². The second-order valence-corrected chi connectivity index (χ2v) is 19.5. The molecular formula is C49H65N11. The van der Waals surface area contributed by atoms with Crippen molar-refractivity contribution in [2.45, 2.75) is 93.7 Å². The van der Waals surface area contributed by atoms with Crippen LogP contribution in [0.3, 0.4) is 0 Å². The van der Waals surface area contributed by atoms with Crippen LogP contribution in [0.5, 0.6) is 0 Å². The molecule has 11 rings (SSSR count). The van der Waals surface area contributed by atoms with Crippen molar-refractivity contribution in [3.8, 4) is 22.5 Å². The maximum Gasteiger partial charge on any atom is 0.225 e. The SMILES string of the molecule is CCN1CC(N2CCC3(CC2)Cc2cnc(N4CCC(N5CCN(C)CC5)CC4)nc2-c2ccccc23)CC1CNc1ncc2c(n1)-c1ccccc1C1(CCNCC1)C2. The van der Waals surface area contributed by atoms with Gasteiger partial charge in [-0.05, 0) is 120 Å². The van der Waals surface area contributed by atoms with Gasteiger partial charge in [0.05, 0.1) is 11.4 Å². The van der Waals surface area contributed by atoms with Crippen molar-refractivity contribution in [2.24, 2.45) is 0 Å². The molecule has 5 fully saturated rings. The molecule has 7 aliphatic rings. The van der Waals surface area contributed by atoms with Gasteiger partial charge in [-0.3, -0.25) is 14.7 Å². The Morgan fingerprint density at radius 2 is 1.32 bits per heavy atom. The quantitative estimate of drug-likeness (QED) is 0.250. The van der Waals surface area contributed by atoms with E-state index >= 15 is 0 Å². The number of likely N-dealkylation sites (N-methyl/N-ethyl adjacent to an activating group) is 2. The van der Waals surface area contributed by atoms with Crippen molar-refractivity contribution in [2.75, 3.05) is 102 Å². The number of nitrogens with zero attached hydrogens (tertiary/aromatic N) is 9. The maximum atomic E-state index is 5.36. The number of nitrogens with one attached hydrogen (secondary N) is 2. The van der Waals surface area contributed by atoms with Gasteiger partial charge in [0.25, 0.3) is 0 Å². The van der Waals surface area contributed by atoms with Crippen LogP contribution in [0.1, 0.15) is 74.1 Å². The summed E-state index contributed by atoms with van der Waals surface area (Å²) in [7, 11) is 2.25. The fourth-order valence-electron chi connectivity index (χ4n) is 12.8. The third-order valence-corrected chi connectivity index (χ3v) is 16.3. The zero-order valence-corrected chi connectivity index (χ0v) is 36.1. The van der Waals surface area contributed by atoms with Gasteiger partial charge in [-0.2, -0.15) is 0 Å². The molecule has 2 unspecified atom stereocenters. The Hall–Kier alpha value is -4.00. The van der Waals surface area contributed by atoms with Gasteiger partial charge in [0, 0.05) is 105 Å². The summed E-state index contributed by atoms with van der Waals surface area (Å²) in [4.78, 5) is 33.7. The molecule has 316 valence electrons. The Bertz CT molecular complexity index is 2160. The number of fused-ring (bicyclic) bond motifs is 8. The molecule has 60 heavy (non-hydrogen) atoms. The lowest BCUT2D eigenvalue weighted by atomic mass is 9.64. The minimum atomic E-state index is 0.145. The van der Waals surface area contributed by atoms with Crippen molar-refractivity contribution in [1.29, 1.82) is 0 Å². The summed E-state index contributed by atoms with van der Waals surface area (Å²) in [5, 5.41) is 7.30. The molecule has 0 amide bonds. The molecular weight excluding hydrogens is 743 g/mol. The molecule has 0 bridgehead atoms. The fourth-order valence-corrected chi connectivity index (χ4v) is 12.8. The maximum absolute atomic E-state index is 5.36. The molecule has 2 aromatic heterocycles. The Morgan fingerprint density at radius 1 is 0.700 bits per heavy atom. The van der Waals surface area contributed by atoms with Gasteiger partial charge in [-0.15, -0.1) is 0 Å². The highest BCUT2D eigenvalue weighted by Crippen LogP contribution is 2.49. The normalized spacial score (nSPS) is 25.8. The lowest BCUT2D eigenvalue weighted by molar-refractivity contribution is 0.0980. The Morgan fingerprint density at radius 3 is 2.00 bits per heavy atom. The lowest BCUT2D eigenvalue weighted by Crippen LogP contribution is -2.52. The number of piperidine rings is 3. The molecule has 7 heterocycles. The van der Waals surface area contributed by atoms with Crippen LogP contribution in [0.25, 0.3) is 22.5 Å². The van der Waals surface area contributed by atoms with E-state index in [1.54, 1.807) is 0 Å². The number of aromatic nitrogens is 4. The summed E-state index contributed by atoms with van der Waals surface area (Å²) in [5.74, 6) is 1.69. The molecule has 4 aromatic rings. The highest BCUT2D eigenvalue weighted by atomic mass is 15.3. The first-order valence-electron chi connectivity index (χ1n) is 23.5. The van der Waals surface area contributed by atoms with Crippen LogP contribution >= 0.6 is 0 Å². The smallest absolute Gasteiger partial charge is 0.225 e. The van der Waals surface area contributed by atoms with Gasteiger partial charge >= 0.3 is 0 Å². The first-order valence-corrected chi connectivity index (χ1v) is 23.5. The fraction of sp³-hybridized carbons (Fsp3) is 0.592. The summed E-state index contributed by atoms with van der Waals surface area (Å²) in [6, 6.07) is 20.0. The summed E-state index contributed by atoms with van der Waals surface area (Å²) >= 11 is 0. The molecule has 2 N–H and O–H groups in total. The first-order chi connectivity index (χ1) is 29.5. The van der Waals surface area contributed by atoms with E-state index in [9.17, 15) is 0 Å². The first kappa shape index (κ1) is 38.9. The average molecular weight is 808 g/mol. The van der Waals surface area contributed by atoms with Crippen LogP contribution in [-0.4, -0.2) is 150 Å². The number of piperazine rings is 1. The van der Waals surface area contributed by atoms with Gasteiger partial charge in [0.1, 0.15) is 0 Å². The molecule has 2 spiro atoms. The third kappa shape index (κ3) is 7.02. The van der Waals surface area contributed by atoms with Crippen LogP contribution in [0, 0.1) is 0 Å². The summed E-state index contributed by atoms with van der Waals surface area (Å²) in [6.07, 6.45) is 14.7. The molecule has 0 radical (unpaired) electrons. The van der Waals surface area contributed by atoms with E-state index in [1.165, 1.54) is 110 Å². The van der Waals surface area contributed by atoms with Crippen molar-refractivity contribution in [3.05, 3.63) is 83.2 Å². The zero-order chi connectivity index (χ0) is 40.3. The third-order valence-electron chi connectivity index (χ3n) is 16.3. The van der Waals surface area contributed by atoms with E-state index < -0.39 is 0 Å². The van der Waals surface area contributed by atoms with Gasteiger partial charge in [0.15, 0.2) is 0 Å². The molecule has 0 saturated carbocycles. The van der Waals surface area contributed by atoms with E-state index in [1.807, 2.05) is 0 Å². The van der Waals surface area contributed by atoms with Crippen LogP contribution in [0.4, 0.5) is 11.9 Å². The highest BCUT2D eigenvalue weighted by Gasteiger charge is 2.45. The minimum absolute atomic E-state index is 0.145. The van der Waals surface area contributed by atoms with E-state index in [-0.39, 0.29) is 10.8 Å². The lowest BCUT2D eigenvalue weighted by Gasteiger charge is -2.47. The monoisotopic (exact) mass is 808 g/mol. The van der Waals surface area contributed by atoms with Crippen molar-refractivity contribution in [1.82, 2.24) is 44.9 Å². The van der Waals surface area contributed by atoms with Crippen molar-refractivity contribution in [3.63, 3.8) is 0 Å². The zero-order valence-electron chi connectivity index (χ0n) is 36.1. The van der Waals surface area contributed by atoms with E-state index in [2.05, 4.69) is 110 Å². The molecule has 5 saturated heterocycles. The molecule has 11 nitrogen and oxygen atoms in total. The van der Waals surface area contributed by atoms with E-state index in [0.29, 0.717) is 18.1 Å². The molecule has 2 aromatic carbocycles. The highest BCUT2D eigenvalue weighted by molar-refractivity contribution is 5.74. The van der Waals surface area contributed by atoms with Crippen LogP contribution in [-0.2, 0) is 23.7 Å². The number of hydrogen-bond donors (Lipinski definition) is 2. The number of rotatable bonds is 7. The van der Waals surface area contributed by atoms with E-state index in [4.69, 9.17) is 19.9 Å². The predicted molar refractivity (Wildman–Crippen MR) is 241 cm³/mol. The molecule has 2 aliphatic carbocycles. The number of hydrogen-bond acceptors (Lipinski definition) is 11. The second kappa shape index (κ2) is 16.0. The van der Waals surface area contributed by atoms with Gasteiger partial charge in [0.2, 0.25) is 11.9 Å². The van der Waals surface area contributed by atoms with Crippen LogP contribution in [0.15, 0.2) is 60.9 Å². The summed E-state index contributed by atoms with van der Waals surface area (Å²) < 4.78 is 0. The molecule has 5 aliphatic heterocycles. The summed E-state index contributed by atoms with van der Waals surface area (Å²) in [6.45, 7) is 16.7. The van der Waals surface area contributed by atoms with Gasteiger partial charge in [-0.1, -0.05) is 55.5 Å². The predicted octanol–water partition coefficient (Wildman–Crippen LogP) is 5.46. The number of benzene rings is 2. The average Bonchev–Trinajstić information content (AvgIpc) is 3.73. The minimum Gasteiger partial charge on any atom is -0.353 e. The van der Waals surface area contributed by atoms with Gasteiger partial charge < -0.3 is 20.4 Å².